The molecule has 1 atom stereocenters. The van der Waals surface area contributed by atoms with Gasteiger partial charge < -0.3 is 20.3 Å². The number of nitrogens with zero attached hydrogens (tertiary/aromatic N) is 3. The second-order valence-electron chi connectivity index (χ2n) is 5.46. The number of furan rings is 1. The van der Waals surface area contributed by atoms with E-state index in [-0.39, 0.29) is 11.2 Å². The van der Waals surface area contributed by atoms with Crippen molar-refractivity contribution in [3.8, 4) is 17.1 Å². The number of rotatable bonds is 7. The van der Waals surface area contributed by atoms with E-state index in [1.807, 2.05) is 24.3 Å². The van der Waals surface area contributed by atoms with Gasteiger partial charge in [-0.1, -0.05) is 11.8 Å². The fourth-order valence-corrected chi connectivity index (χ4v) is 3.03. The molecule has 1 aromatic carbocycles. The molecule has 0 saturated carbocycles. The van der Waals surface area contributed by atoms with Crippen molar-refractivity contribution in [3.05, 3.63) is 48.4 Å². The number of amides is 1. The highest BCUT2D eigenvalue weighted by Gasteiger charge is 2.20. The highest BCUT2D eigenvalue weighted by Crippen LogP contribution is 2.26. The van der Waals surface area contributed by atoms with Crippen LogP contribution in [0.2, 0.25) is 0 Å². The van der Waals surface area contributed by atoms with E-state index >= 15 is 0 Å². The minimum atomic E-state index is -0.389. The van der Waals surface area contributed by atoms with Crippen LogP contribution in [0.25, 0.3) is 11.4 Å². The second-order valence-corrected chi connectivity index (χ2v) is 6.77. The number of hydrogen-bond acceptors (Lipinski definition) is 7. The Morgan fingerprint density at radius 1 is 1.35 bits per heavy atom. The minimum Gasteiger partial charge on any atom is -0.497 e. The van der Waals surface area contributed by atoms with Crippen molar-refractivity contribution in [1.82, 2.24) is 20.2 Å². The van der Waals surface area contributed by atoms with E-state index in [9.17, 15) is 4.79 Å². The van der Waals surface area contributed by atoms with Gasteiger partial charge in [0.1, 0.15) is 11.5 Å². The number of methoxy groups -OCH3 is 1. The third kappa shape index (κ3) is 3.99. The summed E-state index contributed by atoms with van der Waals surface area (Å²) >= 11 is 1.24. The molecule has 1 amide bonds. The van der Waals surface area contributed by atoms with Crippen LogP contribution in [0.1, 0.15) is 12.7 Å². The summed E-state index contributed by atoms with van der Waals surface area (Å²) < 4.78 is 11.7. The molecule has 2 heterocycles. The lowest BCUT2D eigenvalue weighted by molar-refractivity contribution is -0.120. The Bertz CT molecular complexity index is 861. The zero-order valence-electron chi connectivity index (χ0n) is 14.4. The Morgan fingerprint density at radius 3 is 2.77 bits per heavy atom. The molecule has 9 heteroatoms. The van der Waals surface area contributed by atoms with E-state index in [4.69, 9.17) is 15.0 Å². The number of aromatic nitrogens is 3. The molecule has 3 rings (SSSR count). The lowest BCUT2D eigenvalue weighted by Crippen LogP contribution is -2.30. The standard InChI is InChI=1S/C17H19N5O3S/c1-11(16(23)19-10-14-4-3-9-25-14)26-17-21-20-15(22(17)18)12-5-7-13(24-2)8-6-12/h3-9,11H,10,18H2,1-2H3,(H,19,23)/t11-/m0/s1. The molecule has 136 valence electrons. The molecule has 0 aliphatic rings. The average Bonchev–Trinajstić information content (AvgIpc) is 3.30. The van der Waals surface area contributed by atoms with E-state index in [1.54, 1.807) is 32.4 Å². The van der Waals surface area contributed by atoms with Gasteiger partial charge in [-0.2, -0.15) is 0 Å². The molecule has 0 radical (unpaired) electrons. The van der Waals surface area contributed by atoms with Crippen LogP contribution in [0, 0.1) is 0 Å². The molecule has 0 aliphatic heterocycles. The fraction of sp³-hybridized carbons (Fsp3) is 0.235. The summed E-state index contributed by atoms with van der Waals surface area (Å²) in [5.74, 6) is 7.91. The van der Waals surface area contributed by atoms with Crippen LogP contribution in [-0.2, 0) is 11.3 Å². The summed E-state index contributed by atoms with van der Waals surface area (Å²) in [6, 6.07) is 10.9. The molecule has 3 aromatic rings. The van der Waals surface area contributed by atoms with Gasteiger partial charge in [-0.15, -0.1) is 10.2 Å². The van der Waals surface area contributed by atoms with Crippen LogP contribution >= 0.6 is 11.8 Å². The first-order valence-electron chi connectivity index (χ1n) is 7.90. The predicted molar refractivity (Wildman–Crippen MR) is 98.0 cm³/mol. The number of nitrogens with one attached hydrogen (secondary N) is 1. The third-order valence-corrected chi connectivity index (χ3v) is 4.74. The van der Waals surface area contributed by atoms with Crippen molar-refractivity contribution in [3.63, 3.8) is 0 Å². The lowest BCUT2D eigenvalue weighted by Gasteiger charge is -2.10. The van der Waals surface area contributed by atoms with Gasteiger partial charge >= 0.3 is 0 Å². The van der Waals surface area contributed by atoms with Crippen molar-refractivity contribution in [1.29, 1.82) is 0 Å². The van der Waals surface area contributed by atoms with E-state index < -0.39 is 0 Å². The predicted octanol–water partition coefficient (Wildman–Crippen LogP) is 2.06. The number of benzene rings is 1. The van der Waals surface area contributed by atoms with Crippen LogP contribution in [0.15, 0.2) is 52.2 Å². The Morgan fingerprint density at radius 2 is 2.12 bits per heavy atom. The molecule has 2 aromatic heterocycles. The minimum absolute atomic E-state index is 0.139. The van der Waals surface area contributed by atoms with Crippen LogP contribution in [0.4, 0.5) is 0 Å². The van der Waals surface area contributed by atoms with Gasteiger partial charge in [0.05, 0.1) is 25.2 Å². The van der Waals surface area contributed by atoms with E-state index in [0.717, 1.165) is 11.3 Å². The number of thioether (sulfide) groups is 1. The molecular formula is C17H19N5O3S. The summed E-state index contributed by atoms with van der Waals surface area (Å²) in [6.07, 6.45) is 1.57. The normalized spacial score (nSPS) is 11.9. The Hall–Kier alpha value is -2.94. The molecule has 0 bridgehead atoms. The van der Waals surface area contributed by atoms with Crippen molar-refractivity contribution >= 4 is 17.7 Å². The van der Waals surface area contributed by atoms with Gasteiger partial charge in [-0.25, -0.2) is 4.68 Å². The largest absolute Gasteiger partial charge is 0.497 e. The maximum absolute atomic E-state index is 12.2. The smallest absolute Gasteiger partial charge is 0.233 e. The molecule has 3 N–H and O–H groups in total. The number of carbonyl (C=O) groups excluding carboxylic acids is 1. The van der Waals surface area contributed by atoms with Crippen molar-refractivity contribution < 1.29 is 13.9 Å². The van der Waals surface area contributed by atoms with Crippen molar-refractivity contribution in [2.75, 3.05) is 13.0 Å². The first kappa shape index (κ1) is 17.9. The summed E-state index contributed by atoms with van der Waals surface area (Å²) in [6.45, 7) is 2.12. The van der Waals surface area contributed by atoms with Gasteiger partial charge in [0.2, 0.25) is 11.1 Å². The number of ether oxygens (including phenoxy) is 1. The quantitative estimate of drug-likeness (QED) is 0.482. The van der Waals surface area contributed by atoms with Crippen LogP contribution < -0.4 is 15.9 Å². The van der Waals surface area contributed by atoms with Gasteiger partial charge in [0.15, 0.2) is 5.82 Å². The molecule has 0 aliphatic carbocycles. The fourth-order valence-electron chi connectivity index (χ4n) is 2.24. The average molecular weight is 373 g/mol. The Kier molecular flexibility index (Phi) is 5.47. The molecule has 0 fully saturated rings. The monoisotopic (exact) mass is 373 g/mol. The topological polar surface area (TPSA) is 108 Å². The van der Waals surface area contributed by atoms with Crippen molar-refractivity contribution in [2.45, 2.75) is 23.9 Å². The molecule has 26 heavy (non-hydrogen) atoms. The number of nitrogen functional groups attached to an aromatic ring is 1. The third-order valence-electron chi connectivity index (χ3n) is 3.68. The molecular weight excluding hydrogens is 354 g/mol. The van der Waals surface area contributed by atoms with Gasteiger partial charge in [0.25, 0.3) is 0 Å². The maximum Gasteiger partial charge on any atom is 0.233 e. The SMILES string of the molecule is COc1ccc(-c2nnc(S[C@@H](C)C(=O)NCc3ccco3)n2N)cc1. The number of hydrogen-bond donors (Lipinski definition) is 2. The Labute approximate surface area is 154 Å². The molecule has 0 saturated heterocycles. The van der Waals surface area contributed by atoms with Crippen LogP contribution in [-0.4, -0.2) is 33.1 Å². The number of nitrogens with two attached hydrogens (primary N) is 1. The summed E-state index contributed by atoms with van der Waals surface area (Å²) in [7, 11) is 1.60. The second kappa shape index (κ2) is 7.96. The number of carbonyl (C=O) groups is 1. The summed E-state index contributed by atoms with van der Waals surface area (Å²) in [5, 5.41) is 11.1. The van der Waals surface area contributed by atoms with E-state index in [2.05, 4.69) is 15.5 Å². The maximum atomic E-state index is 12.2. The van der Waals surface area contributed by atoms with E-state index in [0.29, 0.717) is 23.3 Å². The first-order valence-corrected chi connectivity index (χ1v) is 8.78. The highest BCUT2D eigenvalue weighted by atomic mass is 32.2. The summed E-state index contributed by atoms with van der Waals surface area (Å²) in [5.41, 5.74) is 0.808. The van der Waals surface area contributed by atoms with Gasteiger partial charge in [0, 0.05) is 5.56 Å². The Balaban J connectivity index is 1.64. The van der Waals surface area contributed by atoms with E-state index in [1.165, 1.54) is 16.4 Å². The first-order chi connectivity index (χ1) is 12.6. The molecule has 0 unspecified atom stereocenters. The zero-order chi connectivity index (χ0) is 18.5. The zero-order valence-corrected chi connectivity index (χ0v) is 15.2. The highest BCUT2D eigenvalue weighted by molar-refractivity contribution is 8.00. The van der Waals surface area contributed by atoms with Crippen LogP contribution in [0.3, 0.4) is 0 Å². The van der Waals surface area contributed by atoms with Crippen LogP contribution in [0.5, 0.6) is 5.75 Å². The van der Waals surface area contributed by atoms with Gasteiger partial charge in [-0.3, -0.25) is 4.79 Å². The van der Waals surface area contributed by atoms with Gasteiger partial charge in [-0.05, 0) is 43.3 Å². The lowest BCUT2D eigenvalue weighted by atomic mass is 10.2. The molecule has 0 spiro atoms. The van der Waals surface area contributed by atoms with Crippen molar-refractivity contribution in [2.24, 2.45) is 0 Å². The molecule has 8 nitrogen and oxygen atoms in total. The summed E-state index contributed by atoms with van der Waals surface area (Å²) in [4.78, 5) is 12.2.